The average Bonchev–Trinajstić information content (AvgIpc) is 3.78. The van der Waals surface area contributed by atoms with E-state index in [1.807, 2.05) is 30.0 Å². The van der Waals surface area contributed by atoms with Crippen molar-refractivity contribution in [3.63, 3.8) is 0 Å². The maximum Gasteiger partial charge on any atom is 0.160 e. The lowest BCUT2D eigenvalue weighted by Crippen LogP contribution is -2.07. The summed E-state index contributed by atoms with van der Waals surface area (Å²) in [5.74, 6) is 0.683. The number of furan rings is 1. The number of rotatable bonds is 4. The molecule has 1 aliphatic heterocycles. The van der Waals surface area contributed by atoms with Gasteiger partial charge in [0.25, 0.3) is 0 Å². The summed E-state index contributed by atoms with van der Waals surface area (Å²) in [6.45, 7) is 0. The molecule has 1 unspecified atom stereocenters. The van der Waals surface area contributed by atoms with Gasteiger partial charge in [0.05, 0.1) is 22.6 Å². The normalized spacial score (nSPS) is 15.2. The Morgan fingerprint density at radius 1 is 0.558 bits per heavy atom. The third kappa shape index (κ3) is 4.66. The molecule has 4 nitrogen and oxygen atoms in total. The predicted molar refractivity (Wildman–Crippen MR) is 215 cm³/mol. The molecule has 52 heavy (non-hydrogen) atoms. The number of pyridine rings is 1. The van der Waals surface area contributed by atoms with Crippen molar-refractivity contribution in [2.24, 2.45) is 0 Å². The molecule has 0 fully saturated rings. The zero-order valence-electron chi connectivity index (χ0n) is 28.0. The molecule has 6 aromatic carbocycles. The van der Waals surface area contributed by atoms with Gasteiger partial charge in [-0.2, -0.15) is 0 Å². The molecule has 1 aliphatic carbocycles. The summed E-state index contributed by atoms with van der Waals surface area (Å²) in [6, 6.07) is 50.8. The maximum atomic E-state index is 6.86. The van der Waals surface area contributed by atoms with Crippen LogP contribution in [0.3, 0.4) is 0 Å². The van der Waals surface area contributed by atoms with Gasteiger partial charge in [0, 0.05) is 53.8 Å². The van der Waals surface area contributed by atoms with Gasteiger partial charge in [-0.05, 0) is 59.5 Å². The van der Waals surface area contributed by atoms with Crippen molar-refractivity contribution in [3.05, 3.63) is 169 Å². The lowest BCUT2D eigenvalue weighted by molar-refractivity contribution is 0.673. The minimum absolute atomic E-state index is 0.381. The fourth-order valence-corrected chi connectivity index (χ4v) is 9.29. The van der Waals surface area contributed by atoms with Gasteiger partial charge in [0.1, 0.15) is 11.2 Å². The Kier molecular flexibility index (Phi) is 6.58. The summed E-state index contributed by atoms with van der Waals surface area (Å²) in [5, 5.41) is 5.75. The second-order valence-electron chi connectivity index (χ2n) is 13.5. The number of nitrogens with zero attached hydrogens (tertiary/aromatic N) is 3. The highest BCUT2D eigenvalue weighted by Crippen LogP contribution is 2.50. The van der Waals surface area contributed by atoms with Crippen molar-refractivity contribution in [1.82, 2.24) is 15.0 Å². The van der Waals surface area contributed by atoms with Gasteiger partial charge in [-0.3, -0.25) is 0 Å². The summed E-state index contributed by atoms with van der Waals surface area (Å²) in [7, 11) is 0. The SMILES string of the molecule is C1=C(c2cc(-c3ccccc3)nc(-c3ccc4c(c3)oc3c4ccc4c(-c5ccccc5)nc5ccccc5c43)n2)CC2Sc3ccccc3C2=C1. The maximum absolute atomic E-state index is 6.86. The van der Waals surface area contributed by atoms with Crippen molar-refractivity contribution in [2.45, 2.75) is 16.6 Å². The zero-order valence-corrected chi connectivity index (χ0v) is 28.8. The first-order chi connectivity index (χ1) is 25.7. The summed E-state index contributed by atoms with van der Waals surface area (Å²) in [6.07, 6.45) is 5.46. The van der Waals surface area contributed by atoms with Crippen LogP contribution in [-0.2, 0) is 0 Å². The summed E-state index contributed by atoms with van der Waals surface area (Å²) < 4.78 is 6.86. The second kappa shape index (κ2) is 11.6. The highest BCUT2D eigenvalue weighted by atomic mass is 32.2. The molecular formula is C47H29N3OS. The van der Waals surface area contributed by atoms with Crippen LogP contribution in [0, 0.1) is 0 Å². The number of fused-ring (bicyclic) bond motifs is 10. The summed E-state index contributed by atoms with van der Waals surface area (Å²) in [4.78, 5) is 16.9. The highest BCUT2D eigenvalue weighted by molar-refractivity contribution is 8.00. The number of para-hydroxylation sites is 1. The van der Waals surface area contributed by atoms with E-state index in [1.54, 1.807) is 0 Å². The molecule has 0 amide bonds. The van der Waals surface area contributed by atoms with Gasteiger partial charge in [-0.1, -0.05) is 121 Å². The summed E-state index contributed by atoms with van der Waals surface area (Å²) in [5.41, 5.74) is 12.5. The predicted octanol–water partition coefficient (Wildman–Crippen LogP) is 12.4. The molecule has 0 N–H and O–H groups in total. The first-order valence-electron chi connectivity index (χ1n) is 17.6. The van der Waals surface area contributed by atoms with Gasteiger partial charge < -0.3 is 4.42 Å². The van der Waals surface area contributed by atoms with Crippen LogP contribution < -0.4 is 0 Å². The molecule has 11 rings (SSSR count). The molecule has 9 aromatic rings. The van der Waals surface area contributed by atoms with E-state index in [-0.39, 0.29) is 0 Å². The molecule has 0 spiro atoms. The molecule has 0 radical (unpaired) electrons. The third-order valence-corrected chi connectivity index (χ3v) is 11.7. The second-order valence-corrected chi connectivity index (χ2v) is 14.7. The quantitative estimate of drug-likeness (QED) is 0.173. The van der Waals surface area contributed by atoms with E-state index >= 15 is 0 Å². The van der Waals surface area contributed by atoms with Gasteiger partial charge in [-0.25, -0.2) is 15.0 Å². The smallest absolute Gasteiger partial charge is 0.160 e. The topological polar surface area (TPSA) is 51.8 Å². The van der Waals surface area contributed by atoms with Crippen molar-refractivity contribution >= 4 is 66.5 Å². The minimum Gasteiger partial charge on any atom is -0.455 e. The van der Waals surface area contributed by atoms with Crippen molar-refractivity contribution in [3.8, 4) is 33.9 Å². The van der Waals surface area contributed by atoms with E-state index in [0.29, 0.717) is 11.1 Å². The lowest BCUT2D eigenvalue weighted by atomic mass is 9.91. The van der Waals surface area contributed by atoms with Gasteiger partial charge in [0.15, 0.2) is 5.82 Å². The molecule has 2 aliphatic rings. The van der Waals surface area contributed by atoms with E-state index in [0.717, 1.165) is 83.8 Å². The van der Waals surface area contributed by atoms with Crippen LogP contribution >= 0.6 is 11.8 Å². The van der Waals surface area contributed by atoms with E-state index < -0.39 is 0 Å². The van der Waals surface area contributed by atoms with Crippen molar-refractivity contribution < 1.29 is 4.42 Å². The number of aromatic nitrogens is 3. The molecular weight excluding hydrogens is 655 g/mol. The molecule has 0 saturated carbocycles. The minimum atomic E-state index is 0.381. The lowest BCUT2D eigenvalue weighted by Gasteiger charge is -2.19. The third-order valence-electron chi connectivity index (χ3n) is 10.4. The van der Waals surface area contributed by atoms with E-state index in [4.69, 9.17) is 19.4 Å². The van der Waals surface area contributed by atoms with Crippen LogP contribution in [0.5, 0.6) is 0 Å². The van der Waals surface area contributed by atoms with Crippen LogP contribution in [0.2, 0.25) is 0 Å². The van der Waals surface area contributed by atoms with E-state index in [2.05, 4.69) is 140 Å². The number of benzene rings is 6. The van der Waals surface area contributed by atoms with E-state index in [1.165, 1.54) is 21.6 Å². The molecule has 1 atom stereocenters. The Balaban J connectivity index is 1.08. The number of thioether (sulfide) groups is 1. The van der Waals surface area contributed by atoms with Crippen molar-refractivity contribution in [2.75, 3.05) is 0 Å². The van der Waals surface area contributed by atoms with E-state index in [9.17, 15) is 0 Å². The zero-order chi connectivity index (χ0) is 34.2. The van der Waals surface area contributed by atoms with Crippen LogP contribution in [-0.4, -0.2) is 20.2 Å². The molecule has 3 aromatic heterocycles. The monoisotopic (exact) mass is 683 g/mol. The van der Waals surface area contributed by atoms with Crippen LogP contribution in [0.1, 0.15) is 17.7 Å². The van der Waals surface area contributed by atoms with Crippen LogP contribution in [0.4, 0.5) is 0 Å². The van der Waals surface area contributed by atoms with Crippen LogP contribution in [0.15, 0.2) is 167 Å². The van der Waals surface area contributed by atoms with Gasteiger partial charge >= 0.3 is 0 Å². The molecule has 5 heteroatoms. The van der Waals surface area contributed by atoms with Crippen LogP contribution in [0.25, 0.3) is 88.7 Å². The Hall–Kier alpha value is -6.30. The molecule has 0 saturated heterocycles. The number of hydrogen-bond acceptors (Lipinski definition) is 5. The average molecular weight is 684 g/mol. The molecule has 0 bridgehead atoms. The Labute approximate surface area is 304 Å². The Morgan fingerprint density at radius 2 is 1.29 bits per heavy atom. The highest BCUT2D eigenvalue weighted by Gasteiger charge is 2.31. The number of hydrogen-bond donors (Lipinski definition) is 0. The number of allylic oxidation sites excluding steroid dienone is 3. The first kappa shape index (κ1) is 29.4. The standard InChI is InChI=1S/C47H29N3OS/c1-3-11-28(12-4-1)39-27-40(30-19-22-34-33-15-8-10-18-42(33)52-43(34)26-30)50-47(49-39)31-20-21-32-35-23-24-37-44(46(35)51-41(32)25-31)36-16-7-9-17-38(36)48-45(37)29-13-5-2-6-14-29/h1-25,27,43H,26H2. The Morgan fingerprint density at radius 3 is 2.17 bits per heavy atom. The first-order valence-corrected chi connectivity index (χ1v) is 18.5. The Bertz CT molecular complexity index is 2960. The fraction of sp³-hybridized carbons (Fsp3) is 0.0426. The van der Waals surface area contributed by atoms with Gasteiger partial charge in [-0.15, -0.1) is 11.8 Å². The largest absolute Gasteiger partial charge is 0.455 e. The van der Waals surface area contributed by atoms with Crippen molar-refractivity contribution in [1.29, 1.82) is 0 Å². The summed E-state index contributed by atoms with van der Waals surface area (Å²) >= 11 is 1.95. The fourth-order valence-electron chi connectivity index (χ4n) is 7.92. The molecule has 4 heterocycles. The molecule has 244 valence electrons. The van der Waals surface area contributed by atoms with Gasteiger partial charge in [0.2, 0.25) is 0 Å².